The number of carbonyl (C=O) groups is 1. The van der Waals surface area contributed by atoms with Crippen LogP contribution >= 0.6 is 11.8 Å². The van der Waals surface area contributed by atoms with Crippen LogP contribution in [0.2, 0.25) is 0 Å². The zero-order valence-corrected chi connectivity index (χ0v) is 15.6. The molecule has 1 saturated carbocycles. The first-order valence-electron chi connectivity index (χ1n) is 8.98. The molecule has 0 bridgehead atoms. The van der Waals surface area contributed by atoms with Crippen molar-refractivity contribution in [3.63, 3.8) is 0 Å². The van der Waals surface area contributed by atoms with Crippen molar-refractivity contribution in [2.75, 3.05) is 5.84 Å². The number of nitrogens with two attached hydrogens (primary N) is 1. The number of thioether (sulfide) groups is 1. The number of hydrogen-bond acceptors (Lipinski definition) is 5. The number of nitrogens with one attached hydrogen (secondary N) is 1. The van der Waals surface area contributed by atoms with E-state index >= 15 is 0 Å². The molecule has 1 aliphatic rings. The first kappa shape index (κ1) is 18.7. The lowest BCUT2D eigenvalue weighted by molar-refractivity contribution is -0.121. The van der Waals surface area contributed by atoms with Gasteiger partial charge < -0.3 is 11.2 Å². The molecule has 1 fully saturated rings. The Bertz CT molecular complexity index is 758. The second-order valence-corrected chi connectivity index (χ2v) is 7.95. The van der Waals surface area contributed by atoms with Gasteiger partial charge >= 0.3 is 0 Å². The lowest BCUT2D eigenvalue weighted by Crippen LogP contribution is -2.39. The molecule has 140 valence electrons. The summed E-state index contributed by atoms with van der Waals surface area (Å²) in [5, 5.41) is 11.3. The smallest absolute Gasteiger partial charge is 0.233 e. The van der Waals surface area contributed by atoms with Gasteiger partial charge in [0, 0.05) is 11.6 Å². The molecule has 1 heterocycles. The van der Waals surface area contributed by atoms with Crippen molar-refractivity contribution in [1.29, 1.82) is 0 Å². The molecule has 0 aliphatic heterocycles. The summed E-state index contributed by atoms with van der Waals surface area (Å²) in [6.45, 7) is 1.83. The molecule has 0 saturated heterocycles. The van der Waals surface area contributed by atoms with Gasteiger partial charge in [-0.25, -0.2) is 9.07 Å². The molecule has 0 spiro atoms. The van der Waals surface area contributed by atoms with Gasteiger partial charge in [0.1, 0.15) is 5.82 Å². The van der Waals surface area contributed by atoms with Gasteiger partial charge in [-0.15, -0.1) is 10.2 Å². The summed E-state index contributed by atoms with van der Waals surface area (Å²) >= 11 is 1.25. The van der Waals surface area contributed by atoms with Crippen LogP contribution in [0.3, 0.4) is 0 Å². The number of rotatable bonds is 5. The number of halogens is 1. The largest absolute Gasteiger partial charge is 0.352 e. The predicted molar refractivity (Wildman–Crippen MR) is 101 cm³/mol. The molecule has 0 radical (unpaired) electrons. The van der Waals surface area contributed by atoms with E-state index in [0.717, 1.165) is 12.8 Å². The van der Waals surface area contributed by atoms with Crippen LogP contribution in [-0.4, -0.2) is 32.1 Å². The maximum atomic E-state index is 13.4. The predicted octanol–water partition coefficient (Wildman–Crippen LogP) is 3.12. The minimum absolute atomic E-state index is 0.0165. The van der Waals surface area contributed by atoms with Crippen molar-refractivity contribution in [3.8, 4) is 11.4 Å². The first-order chi connectivity index (χ1) is 12.5. The standard InChI is InChI=1S/C18H24FN5OS/c1-12(17(25)21-15-9-4-2-3-5-10-15)26-18-23-22-16(24(18)20)13-7-6-8-14(19)11-13/h6-8,11-12,15H,2-5,9-10,20H2,1H3,(H,21,25)/t12-/m0/s1. The summed E-state index contributed by atoms with van der Waals surface area (Å²) in [6, 6.07) is 6.27. The van der Waals surface area contributed by atoms with E-state index in [1.165, 1.54) is 54.3 Å². The normalized spacial score (nSPS) is 16.8. The molecule has 8 heteroatoms. The SMILES string of the molecule is C[C@H](Sc1nnc(-c2cccc(F)c2)n1N)C(=O)NC1CCCCCC1. The van der Waals surface area contributed by atoms with Crippen LogP contribution in [0.1, 0.15) is 45.4 Å². The van der Waals surface area contributed by atoms with Gasteiger partial charge in [-0.2, -0.15) is 0 Å². The van der Waals surface area contributed by atoms with E-state index in [-0.39, 0.29) is 23.0 Å². The molecular weight excluding hydrogens is 353 g/mol. The molecule has 1 aromatic heterocycles. The van der Waals surface area contributed by atoms with Crippen molar-refractivity contribution >= 4 is 17.7 Å². The zero-order chi connectivity index (χ0) is 18.5. The van der Waals surface area contributed by atoms with Crippen LogP contribution in [0, 0.1) is 5.82 Å². The molecular formula is C18H24FN5OS. The second-order valence-electron chi connectivity index (χ2n) is 6.64. The number of amides is 1. The highest BCUT2D eigenvalue weighted by Gasteiger charge is 2.22. The van der Waals surface area contributed by atoms with Crippen molar-refractivity contribution in [2.24, 2.45) is 0 Å². The number of aromatic nitrogens is 3. The van der Waals surface area contributed by atoms with Gasteiger partial charge in [0.15, 0.2) is 5.82 Å². The van der Waals surface area contributed by atoms with Crippen LogP contribution in [0.5, 0.6) is 0 Å². The van der Waals surface area contributed by atoms with Crippen molar-refractivity contribution < 1.29 is 9.18 Å². The minimum Gasteiger partial charge on any atom is -0.352 e. The lowest BCUT2D eigenvalue weighted by atomic mass is 10.1. The Labute approximate surface area is 156 Å². The maximum absolute atomic E-state index is 13.4. The van der Waals surface area contributed by atoms with Crippen molar-refractivity contribution in [1.82, 2.24) is 20.2 Å². The summed E-state index contributed by atoms with van der Waals surface area (Å²) < 4.78 is 14.7. The third kappa shape index (κ3) is 4.55. The Balaban J connectivity index is 1.64. The number of carbonyl (C=O) groups excluding carboxylic acids is 1. The first-order valence-corrected chi connectivity index (χ1v) is 9.86. The van der Waals surface area contributed by atoms with Crippen LogP contribution in [0.25, 0.3) is 11.4 Å². The van der Waals surface area contributed by atoms with Gasteiger partial charge in [-0.1, -0.05) is 49.6 Å². The summed E-state index contributed by atoms with van der Waals surface area (Å²) in [5.74, 6) is 6.04. The fraction of sp³-hybridized carbons (Fsp3) is 0.500. The van der Waals surface area contributed by atoms with Crippen molar-refractivity contribution in [3.05, 3.63) is 30.1 Å². The van der Waals surface area contributed by atoms with Crippen LogP contribution in [0.4, 0.5) is 4.39 Å². The average Bonchev–Trinajstić information content (AvgIpc) is 2.82. The molecule has 3 N–H and O–H groups in total. The summed E-state index contributed by atoms with van der Waals surface area (Å²) in [5.41, 5.74) is 0.544. The van der Waals surface area contributed by atoms with Gasteiger partial charge in [-0.3, -0.25) is 4.79 Å². The summed E-state index contributed by atoms with van der Waals surface area (Å²) in [6.07, 6.45) is 6.91. The highest BCUT2D eigenvalue weighted by Crippen LogP contribution is 2.25. The van der Waals surface area contributed by atoms with E-state index in [2.05, 4.69) is 15.5 Å². The fourth-order valence-corrected chi connectivity index (χ4v) is 3.92. The summed E-state index contributed by atoms with van der Waals surface area (Å²) in [7, 11) is 0. The van der Waals surface area contributed by atoms with E-state index < -0.39 is 0 Å². The topological polar surface area (TPSA) is 85.8 Å². The Morgan fingerprint density at radius 2 is 2.04 bits per heavy atom. The van der Waals surface area contributed by atoms with Crippen molar-refractivity contribution in [2.45, 2.75) is 61.9 Å². The van der Waals surface area contributed by atoms with Crippen LogP contribution in [-0.2, 0) is 4.79 Å². The van der Waals surface area contributed by atoms with Crippen LogP contribution in [0.15, 0.2) is 29.4 Å². The molecule has 1 atom stereocenters. The fourth-order valence-electron chi connectivity index (χ4n) is 3.14. The summed E-state index contributed by atoms with van der Waals surface area (Å²) in [4.78, 5) is 12.5. The molecule has 1 aromatic carbocycles. The Hall–Kier alpha value is -2.09. The van der Waals surface area contributed by atoms with Crippen LogP contribution < -0.4 is 11.2 Å². The number of benzene rings is 1. The van der Waals surface area contributed by atoms with E-state index in [0.29, 0.717) is 16.5 Å². The third-order valence-corrected chi connectivity index (χ3v) is 5.66. The molecule has 1 aliphatic carbocycles. The van der Waals surface area contributed by atoms with E-state index in [1.54, 1.807) is 12.1 Å². The Morgan fingerprint density at radius 1 is 1.31 bits per heavy atom. The molecule has 6 nitrogen and oxygen atoms in total. The Morgan fingerprint density at radius 3 is 2.73 bits per heavy atom. The maximum Gasteiger partial charge on any atom is 0.233 e. The second kappa shape index (κ2) is 8.53. The molecule has 0 unspecified atom stereocenters. The number of hydrogen-bond donors (Lipinski definition) is 2. The third-order valence-electron chi connectivity index (χ3n) is 4.60. The number of nitrogens with zero attached hydrogens (tertiary/aromatic N) is 3. The monoisotopic (exact) mass is 377 g/mol. The van der Waals surface area contributed by atoms with Gasteiger partial charge in [0.2, 0.25) is 11.1 Å². The van der Waals surface area contributed by atoms with Gasteiger partial charge in [-0.05, 0) is 31.9 Å². The van der Waals surface area contributed by atoms with E-state index in [4.69, 9.17) is 5.84 Å². The molecule has 1 amide bonds. The quantitative estimate of drug-likeness (QED) is 0.475. The molecule has 2 aromatic rings. The van der Waals surface area contributed by atoms with E-state index in [9.17, 15) is 9.18 Å². The van der Waals surface area contributed by atoms with Gasteiger partial charge in [0.05, 0.1) is 5.25 Å². The lowest BCUT2D eigenvalue weighted by Gasteiger charge is -2.19. The number of nitrogen functional groups attached to an aromatic ring is 1. The highest BCUT2D eigenvalue weighted by atomic mass is 32.2. The van der Waals surface area contributed by atoms with Gasteiger partial charge in [0.25, 0.3) is 0 Å². The molecule has 3 rings (SSSR count). The Kier molecular flexibility index (Phi) is 6.13. The molecule has 26 heavy (non-hydrogen) atoms. The average molecular weight is 377 g/mol. The minimum atomic E-state index is -0.365. The zero-order valence-electron chi connectivity index (χ0n) is 14.8. The highest BCUT2D eigenvalue weighted by molar-refractivity contribution is 8.00. The van der Waals surface area contributed by atoms with E-state index in [1.807, 2.05) is 6.92 Å².